The lowest BCUT2D eigenvalue weighted by Crippen LogP contribution is -2.44. The van der Waals surface area contributed by atoms with Gasteiger partial charge >= 0.3 is 0 Å². The van der Waals surface area contributed by atoms with Crippen LogP contribution in [-0.4, -0.2) is 28.5 Å². The molecule has 0 unspecified atom stereocenters. The van der Waals surface area contributed by atoms with E-state index in [0.29, 0.717) is 0 Å². The number of hydrogen-bond donors (Lipinski definition) is 1. The molecule has 3 rings (SSSR count). The van der Waals surface area contributed by atoms with E-state index in [1.807, 2.05) is 31.4 Å². The predicted octanol–water partition coefficient (Wildman–Crippen LogP) is 2.18. The van der Waals surface area contributed by atoms with E-state index >= 15 is 0 Å². The molecule has 0 radical (unpaired) electrons. The van der Waals surface area contributed by atoms with Crippen LogP contribution in [-0.2, 0) is 5.41 Å². The Hall–Kier alpha value is -1.81. The number of nitrogens with one attached hydrogen (secondary N) is 1. The summed E-state index contributed by atoms with van der Waals surface area (Å²) in [6, 6.07) is 5.93. The third-order valence-corrected chi connectivity index (χ3v) is 3.93. The van der Waals surface area contributed by atoms with E-state index in [9.17, 15) is 0 Å². The minimum absolute atomic E-state index is 0.137. The third kappa shape index (κ3) is 2.24. The monoisotopic (exact) mass is 254 g/mol. The van der Waals surface area contributed by atoms with Crippen LogP contribution in [0.4, 0.5) is 0 Å². The van der Waals surface area contributed by atoms with Crippen molar-refractivity contribution in [3.8, 4) is 11.3 Å². The smallest absolute Gasteiger partial charge is 0.136 e. The highest BCUT2D eigenvalue weighted by atomic mass is 14.9. The molecule has 0 saturated heterocycles. The maximum atomic E-state index is 4.78. The first-order chi connectivity index (χ1) is 9.34. The zero-order valence-electron chi connectivity index (χ0n) is 11.1. The van der Waals surface area contributed by atoms with E-state index in [2.05, 4.69) is 15.3 Å². The summed E-state index contributed by atoms with van der Waals surface area (Å²) in [7, 11) is 1.99. The highest BCUT2D eigenvalue weighted by molar-refractivity contribution is 5.57. The van der Waals surface area contributed by atoms with Gasteiger partial charge in [-0.05, 0) is 38.1 Å². The van der Waals surface area contributed by atoms with Crippen LogP contribution < -0.4 is 5.32 Å². The van der Waals surface area contributed by atoms with Gasteiger partial charge < -0.3 is 5.32 Å². The minimum atomic E-state index is 0.137. The van der Waals surface area contributed by atoms with Crippen molar-refractivity contribution in [2.75, 3.05) is 13.6 Å². The molecule has 1 aliphatic carbocycles. The Morgan fingerprint density at radius 1 is 1.16 bits per heavy atom. The van der Waals surface area contributed by atoms with Crippen LogP contribution >= 0.6 is 0 Å². The fourth-order valence-corrected chi connectivity index (χ4v) is 2.72. The number of nitrogens with zero attached hydrogens (tertiary/aromatic N) is 3. The summed E-state index contributed by atoms with van der Waals surface area (Å²) < 4.78 is 0. The molecule has 98 valence electrons. The van der Waals surface area contributed by atoms with Crippen molar-refractivity contribution in [1.82, 2.24) is 20.3 Å². The van der Waals surface area contributed by atoms with Crippen LogP contribution in [0.5, 0.6) is 0 Å². The first kappa shape index (κ1) is 12.2. The molecule has 4 heteroatoms. The summed E-state index contributed by atoms with van der Waals surface area (Å²) in [5, 5.41) is 3.28. The molecular formula is C15H18N4. The average molecular weight is 254 g/mol. The fraction of sp³-hybridized carbons (Fsp3) is 0.400. The summed E-state index contributed by atoms with van der Waals surface area (Å²) in [6.45, 7) is 0.951. The predicted molar refractivity (Wildman–Crippen MR) is 74.7 cm³/mol. The van der Waals surface area contributed by atoms with Gasteiger partial charge in [0.25, 0.3) is 0 Å². The van der Waals surface area contributed by atoms with Crippen molar-refractivity contribution in [3.63, 3.8) is 0 Å². The Balaban J connectivity index is 1.96. The quantitative estimate of drug-likeness (QED) is 0.908. The lowest BCUT2D eigenvalue weighted by Gasteiger charge is -2.40. The van der Waals surface area contributed by atoms with Gasteiger partial charge in [0.2, 0.25) is 0 Å². The van der Waals surface area contributed by atoms with E-state index in [-0.39, 0.29) is 5.41 Å². The first-order valence-corrected chi connectivity index (χ1v) is 6.73. The van der Waals surface area contributed by atoms with Gasteiger partial charge in [-0.25, -0.2) is 9.97 Å². The second kappa shape index (κ2) is 5.05. The van der Waals surface area contributed by atoms with Crippen molar-refractivity contribution >= 4 is 0 Å². The summed E-state index contributed by atoms with van der Waals surface area (Å²) >= 11 is 0. The van der Waals surface area contributed by atoms with Crippen LogP contribution in [0.25, 0.3) is 11.3 Å². The van der Waals surface area contributed by atoms with E-state index < -0.39 is 0 Å². The third-order valence-electron chi connectivity index (χ3n) is 3.93. The van der Waals surface area contributed by atoms with Gasteiger partial charge in [0, 0.05) is 36.1 Å². The van der Waals surface area contributed by atoms with Crippen LogP contribution in [0.2, 0.25) is 0 Å². The van der Waals surface area contributed by atoms with E-state index in [1.54, 1.807) is 12.4 Å². The van der Waals surface area contributed by atoms with Crippen molar-refractivity contribution in [2.45, 2.75) is 24.7 Å². The van der Waals surface area contributed by atoms with Gasteiger partial charge in [-0.3, -0.25) is 4.98 Å². The highest BCUT2D eigenvalue weighted by Gasteiger charge is 2.40. The molecule has 2 heterocycles. The van der Waals surface area contributed by atoms with Crippen LogP contribution in [0.15, 0.2) is 36.8 Å². The molecule has 0 spiro atoms. The SMILES string of the molecule is CNCC1(c2nccc(-c3ccncc3)n2)CCC1. The van der Waals surface area contributed by atoms with Gasteiger partial charge in [-0.2, -0.15) is 0 Å². The molecule has 2 aromatic heterocycles. The lowest BCUT2D eigenvalue weighted by molar-refractivity contribution is 0.225. The van der Waals surface area contributed by atoms with E-state index in [4.69, 9.17) is 4.98 Å². The number of aromatic nitrogens is 3. The van der Waals surface area contributed by atoms with Gasteiger partial charge in [0.1, 0.15) is 5.82 Å². The molecule has 4 nitrogen and oxygen atoms in total. The Morgan fingerprint density at radius 2 is 1.95 bits per heavy atom. The Labute approximate surface area is 113 Å². The molecule has 0 aliphatic heterocycles. The second-order valence-corrected chi connectivity index (χ2v) is 5.17. The summed E-state index contributed by atoms with van der Waals surface area (Å²) in [4.78, 5) is 13.3. The Bertz CT molecular complexity index is 549. The van der Waals surface area contributed by atoms with Crippen LogP contribution in [0.3, 0.4) is 0 Å². The van der Waals surface area contributed by atoms with Crippen molar-refractivity contribution in [1.29, 1.82) is 0 Å². The van der Waals surface area contributed by atoms with E-state index in [1.165, 1.54) is 19.3 Å². The van der Waals surface area contributed by atoms with E-state index in [0.717, 1.165) is 23.6 Å². The normalized spacial score (nSPS) is 16.9. The molecule has 19 heavy (non-hydrogen) atoms. The number of hydrogen-bond acceptors (Lipinski definition) is 4. The molecule has 0 atom stereocenters. The maximum Gasteiger partial charge on any atom is 0.136 e. The molecule has 0 amide bonds. The summed E-state index contributed by atoms with van der Waals surface area (Å²) in [5.41, 5.74) is 2.21. The topological polar surface area (TPSA) is 50.7 Å². The van der Waals surface area contributed by atoms with Gasteiger partial charge in [-0.15, -0.1) is 0 Å². The number of rotatable bonds is 4. The molecule has 1 aliphatic rings. The Morgan fingerprint density at radius 3 is 2.58 bits per heavy atom. The molecule has 1 N–H and O–H groups in total. The van der Waals surface area contributed by atoms with Gasteiger partial charge in [-0.1, -0.05) is 6.42 Å². The molecular weight excluding hydrogens is 236 g/mol. The summed E-state index contributed by atoms with van der Waals surface area (Å²) in [6.07, 6.45) is 9.08. The zero-order valence-corrected chi connectivity index (χ0v) is 11.1. The average Bonchev–Trinajstić information content (AvgIpc) is 2.44. The molecule has 1 saturated carbocycles. The fourth-order valence-electron chi connectivity index (χ4n) is 2.72. The van der Waals surface area contributed by atoms with Gasteiger partial charge in [0.15, 0.2) is 0 Å². The minimum Gasteiger partial charge on any atom is -0.319 e. The maximum absolute atomic E-state index is 4.78. The zero-order chi connectivity index (χ0) is 13.1. The Kier molecular flexibility index (Phi) is 3.25. The molecule has 0 bridgehead atoms. The second-order valence-electron chi connectivity index (χ2n) is 5.17. The van der Waals surface area contributed by atoms with Crippen molar-refractivity contribution in [3.05, 3.63) is 42.6 Å². The number of pyridine rings is 1. The standard InChI is InChI=1S/C15H18N4/c1-16-11-15(6-2-7-15)14-18-10-5-13(19-14)12-3-8-17-9-4-12/h3-5,8-10,16H,2,6-7,11H2,1H3. The molecule has 1 fully saturated rings. The van der Waals surface area contributed by atoms with Crippen LogP contribution in [0.1, 0.15) is 25.1 Å². The molecule has 2 aromatic rings. The lowest BCUT2D eigenvalue weighted by atomic mass is 9.68. The summed E-state index contributed by atoms with van der Waals surface area (Å²) in [5.74, 6) is 0.974. The highest BCUT2D eigenvalue weighted by Crippen LogP contribution is 2.41. The first-order valence-electron chi connectivity index (χ1n) is 6.73. The molecule has 0 aromatic carbocycles. The van der Waals surface area contributed by atoms with Crippen molar-refractivity contribution in [2.24, 2.45) is 0 Å². The van der Waals surface area contributed by atoms with Gasteiger partial charge in [0.05, 0.1) is 5.69 Å². The van der Waals surface area contributed by atoms with Crippen molar-refractivity contribution < 1.29 is 0 Å². The number of likely N-dealkylation sites (N-methyl/N-ethyl adjacent to an activating group) is 1. The largest absolute Gasteiger partial charge is 0.319 e. The van der Waals surface area contributed by atoms with Crippen LogP contribution in [0, 0.1) is 0 Å².